The third kappa shape index (κ3) is 2.27. The van der Waals surface area contributed by atoms with Crippen LogP contribution in [0.3, 0.4) is 0 Å². The monoisotopic (exact) mass is 215 g/mol. The van der Waals surface area contributed by atoms with Gasteiger partial charge in [0.1, 0.15) is 0 Å². The van der Waals surface area contributed by atoms with Crippen LogP contribution in [0.1, 0.15) is 24.8 Å². The van der Waals surface area contributed by atoms with E-state index in [1.807, 2.05) is 13.0 Å². The van der Waals surface area contributed by atoms with Crippen molar-refractivity contribution in [3.63, 3.8) is 0 Å². The lowest BCUT2D eigenvalue weighted by Gasteiger charge is -2.25. The SMILES string of the molecule is Cc1ccc(N(CCC#N)C2CC2)c(N)c1. The van der Waals surface area contributed by atoms with Crippen LogP contribution in [-0.4, -0.2) is 12.6 Å². The molecule has 0 atom stereocenters. The van der Waals surface area contributed by atoms with Gasteiger partial charge < -0.3 is 10.6 Å². The molecule has 0 bridgehead atoms. The number of nitriles is 1. The van der Waals surface area contributed by atoms with Crippen LogP contribution in [-0.2, 0) is 0 Å². The summed E-state index contributed by atoms with van der Waals surface area (Å²) in [6.45, 7) is 2.82. The van der Waals surface area contributed by atoms with Crippen LogP contribution in [0.2, 0.25) is 0 Å². The molecular formula is C13H17N3. The molecule has 1 aliphatic rings. The third-order valence-electron chi connectivity index (χ3n) is 2.94. The van der Waals surface area contributed by atoms with Gasteiger partial charge in [-0.25, -0.2) is 0 Å². The zero-order valence-corrected chi connectivity index (χ0v) is 9.61. The molecule has 1 aliphatic carbocycles. The van der Waals surface area contributed by atoms with E-state index in [0.717, 1.165) is 17.9 Å². The highest BCUT2D eigenvalue weighted by atomic mass is 15.2. The van der Waals surface area contributed by atoms with Crippen molar-refractivity contribution in [3.8, 4) is 6.07 Å². The van der Waals surface area contributed by atoms with E-state index in [-0.39, 0.29) is 0 Å². The highest BCUT2D eigenvalue weighted by molar-refractivity contribution is 5.69. The second-order valence-electron chi connectivity index (χ2n) is 4.39. The molecule has 2 N–H and O–H groups in total. The van der Waals surface area contributed by atoms with Crippen LogP contribution in [0.5, 0.6) is 0 Å². The summed E-state index contributed by atoms with van der Waals surface area (Å²) in [6, 6.07) is 8.94. The van der Waals surface area contributed by atoms with Gasteiger partial charge in [0.15, 0.2) is 0 Å². The van der Waals surface area contributed by atoms with Crippen molar-refractivity contribution in [1.29, 1.82) is 5.26 Å². The average Bonchev–Trinajstić information content (AvgIpc) is 3.05. The Hall–Kier alpha value is -1.69. The molecule has 1 saturated carbocycles. The average molecular weight is 215 g/mol. The van der Waals surface area contributed by atoms with Gasteiger partial charge in [-0.1, -0.05) is 6.07 Å². The van der Waals surface area contributed by atoms with E-state index in [2.05, 4.69) is 23.1 Å². The number of nitrogen functional groups attached to an aromatic ring is 1. The van der Waals surface area contributed by atoms with E-state index in [0.29, 0.717) is 12.5 Å². The molecule has 1 aromatic rings. The molecule has 84 valence electrons. The summed E-state index contributed by atoms with van der Waals surface area (Å²) in [6.07, 6.45) is 3.00. The lowest BCUT2D eigenvalue weighted by atomic mass is 10.1. The minimum absolute atomic E-state index is 0.559. The summed E-state index contributed by atoms with van der Waals surface area (Å²) in [5.74, 6) is 0. The Morgan fingerprint density at radius 2 is 2.25 bits per heavy atom. The molecule has 1 aromatic carbocycles. The van der Waals surface area contributed by atoms with E-state index in [4.69, 9.17) is 11.0 Å². The molecule has 0 aromatic heterocycles. The van der Waals surface area contributed by atoms with Crippen molar-refractivity contribution in [2.75, 3.05) is 17.2 Å². The lowest BCUT2D eigenvalue weighted by Crippen LogP contribution is -2.27. The molecule has 3 heteroatoms. The zero-order chi connectivity index (χ0) is 11.5. The van der Waals surface area contributed by atoms with Crippen molar-refractivity contribution in [2.45, 2.75) is 32.2 Å². The Morgan fingerprint density at radius 1 is 1.50 bits per heavy atom. The molecule has 1 fully saturated rings. The van der Waals surface area contributed by atoms with E-state index >= 15 is 0 Å². The van der Waals surface area contributed by atoms with Gasteiger partial charge >= 0.3 is 0 Å². The fourth-order valence-electron chi connectivity index (χ4n) is 1.99. The Bertz CT molecular complexity index is 416. The molecule has 16 heavy (non-hydrogen) atoms. The maximum atomic E-state index is 8.67. The van der Waals surface area contributed by atoms with Gasteiger partial charge in [0.2, 0.25) is 0 Å². The molecule has 0 radical (unpaired) electrons. The van der Waals surface area contributed by atoms with E-state index in [1.54, 1.807) is 0 Å². The predicted octanol–water partition coefficient (Wildman–Crippen LogP) is 2.46. The number of nitrogens with two attached hydrogens (primary N) is 1. The summed E-state index contributed by atoms with van der Waals surface area (Å²) in [4.78, 5) is 2.28. The van der Waals surface area contributed by atoms with Gasteiger partial charge in [-0.05, 0) is 37.5 Å². The van der Waals surface area contributed by atoms with Gasteiger partial charge in [-0.2, -0.15) is 5.26 Å². The second kappa shape index (κ2) is 4.44. The number of rotatable bonds is 4. The number of aryl methyl sites for hydroxylation is 1. The summed E-state index contributed by atoms with van der Waals surface area (Å²) >= 11 is 0. The lowest BCUT2D eigenvalue weighted by molar-refractivity contribution is 0.794. The summed E-state index contributed by atoms with van der Waals surface area (Å²) in [5, 5.41) is 8.67. The normalized spacial score (nSPS) is 14.5. The van der Waals surface area contributed by atoms with Gasteiger partial charge in [-0.15, -0.1) is 0 Å². The van der Waals surface area contributed by atoms with Crippen LogP contribution < -0.4 is 10.6 Å². The topological polar surface area (TPSA) is 53.0 Å². The van der Waals surface area contributed by atoms with E-state index < -0.39 is 0 Å². The van der Waals surface area contributed by atoms with E-state index in [9.17, 15) is 0 Å². The van der Waals surface area contributed by atoms with Gasteiger partial charge in [0.05, 0.1) is 23.9 Å². The maximum Gasteiger partial charge on any atom is 0.0640 e. The molecule has 0 amide bonds. The number of benzene rings is 1. The standard InChI is InChI=1S/C13H17N3/c1-10-3-6-13(12(15)9-10)16(8-2-7-14)11-4-5-11/h3,6,9,11H,2,4-5,8,15H2,1H3. The van der Waals surface area contributed by atoms with Gasteiger partial charge in [-0.3, -0.25) is 0 Å². The highest BCUT2D eigenvalue weighted by Crippen LogP contribution is 2.35. The van der Waals surface area contributed by atoms with Crippen LogP contribution in [0, 0.1) is 18.3 Å². The van der Waals surface area contributed by atoms with Crippen LogP contribution >= 0.6 is 0 Å². The summed E-state index contributed by atoms with van der Waals surface area (Å²) in [7, 11) is 0. The first-order valence-electron chi connectivity index (χ1n) is 5.72. The quantitative estimate of drug-likeness (QED) is 0.785. The second-order valence-corrected chi connectivity index (χ2v) is 4.39. The maximum absolute atomic E-state index is 8.67. The summed E-state index contributed by atoms with van der Waals surface area (Å²) < 4.78 is 0. The fraction of sp³-hybridized carbons (Fsp3) is 0.462. The number of hydrogen-bond acceptors (Lipinski definition) is 3. The third-order valence-corrected chi connectivity index (χ3v) is 2.94. The highest BCUT2D eigenvalue weighted by Gasteiger charge is 2.29. The number of hydrogen-bond donors (Lipinski definition) is 1. The molecule has 0 saturated heterocycles. The van der Waals surface area contributed by atoms with Crippen molar-refractivity contribution in [2.24, 2.45) is 0 Å². The Kier molecular flexibility index (Phi) is 3.00. The molecule has 0 spiro atoms. The van der Waals surface area contributed by atoms with Gasteiger partial charge in [0, 0.05) is 12.6 Å². The van der Waals surface area contributed by atoms with E-state index in [1.165, 1.54) is 18.4 Å². The Balaban J connectivity index is 2.21. The fourth-order valence-corrected chi connectivity index (χ4v) is 1.99. The molecule has 0 aliphatic heterocycles. The van der Waals surface area contributed by atoms with Crippen molar-refractivity contribution >= 4 is 11.4 Å². The van der Waals surface area contributed by atoms with Gasteiger partial charge in [0.25, 0.3) is 0 Å². The summed E-state index contributed by atoms with van der Waals surface area (Å²) in [5.41, 5.74) is 9.12. The molecular weight excluding hydrogens is 198 g/mol. The number of anilines is 2. The molecule has 2 rings (SSSR count). The van der Waals surface area contributed by atoms with Crippen molar-refractivity contribution in [3.05, 3.63) is 23.8 Å². The zero-order valence-electron chi connectivity index (χ0n) is 9.61. The molecule has 3 nitrogen and oxygen atoms in total. The molecule has 0 heterocycles. The molecule has 0 unspecified atom stereocenters. The largest absolute Gasteiger partial charge is 0.397 e. The minimum atomic E-state index is 0.559. The first-order valence-corrected chi connectivity index (χ1v) is 5.72. The first kappa shape index (κ1) is 10.8. The van der Waals surface area contributed by atoms with Crippen molar-refractivity contribution in [1.82, 2.24) is 0 Å². The van der Waals surface area contributed by atoms with Crippen molar-refractivity contribution < 1.29 is 0 Å². The Morgan fingerprint density at radius 3 is 2.81 bits per heavy atom. The Labute approximate surface area is 96.5 Å². The number of nitrogens with zero attached hydrogens (tertiary/aromatic N) is 2. The minimum Gasteiger partial charge on any atom is -0.397 e. The predicted molar refractivity (Wildman–Crippen MR) is 66.2 cm³/mol. The first-order chi connectivity index (χ1) is 7.72. The van der Waals surface area contributed by atoms with Crippen LogP contribution in [0.4, 0.5) is 11.4 Å². The van der Waals surface area contributed by atoms with Crippen LogP contribution in [0.15, 0.2) is 18.2 Å². The van der Waals surface area contributed by atoms with Crippen LogP contribution in [0.25, 0.3) is 0 Å². The smallest absolute Gasteiger partial charge is 0.0640 e.